The monoisotopic (exact) mass is 338 g/mol. The summed E-state index contributed by atoms with van der Waals surface area (Å²) in [5.41, 5.74) is 0.519. The molecular weight excluding hydrogens is 328 g/mol. The van der Waals surface area contributed by atoms with Crippen LogP contribution in [0.3, 0.4) is 0 Å². The zero-order valence-electron chi connectivity index (χ0n) is 10.1. The molecule has 0 bridgehead atoms. The first-order valence-electron chi connectivity index (χ1n) is 5.45. The lowest BCUT2D eigenvalue weighted by Gasteiger charge is -2.04. The third-order valence-corrected chi connectivity index (χ3v) is 4.10. The lowest BCUT2D eigenvalue weighted by atomic mass is 10.2. The molecule has 0 aromatic heterocycles. The predicted molar refractivity (Wildman–Crippen MR) is 77.7 cm³/mol. The molecule has 0 atom stereocenters. The van der Waals surface area contributed by atoms with Gasteiger partial charge in [-0.25, -0.2) is 4.79 Å². The van der Waals surface area contributed by atoms with Gasteiger partial charge in [-0.05, 0) is 58.4 Å². The molecule has 0 saturated carbocycles. The van der Waals surface area contributed by atoms with Crippen molar-refractivity contribution in [2.45, 2.75) is 9.79 Å². The van der Waals surface area contributed by atoms with Crippen LogP contribution < -0.4 is 0 Å². The van der Waals surface area contributed by atoms with Gasteiger partial charge in [-0.1, -0.05) is 11.8 Å². The average molecular weight is 339 g/mol. The first-order chi connectivity index (χ1) is 9.10. The van der Waals surface area contributed by atoms with Crippen molar-refractivity contribution in [2.24, 2.45) is 0 Å². The number of methoxy groups -OCH3 is 1. The molecule has 0 saturated heterocycles. The summed E-state index contributed by atoms with van der Waals surface area (Å²) >= 11 is 4.74. The fourth-order valence-corrected chi connectivity index (χ4v) is 2.57. The van der Waals surface area contributed by atoms with E-state index in [1.165, 1.54) is 18.9 Å². The molecule has 0 radical (unpaired) electrons. The Balaban J connectivity index is 2.15. The van der Waals surface area contributed by atoms with Crippen LogP contribution in [0, 0.1) is 0 Å². The maximum atomic E-state index is 11.3. The van der Waals surface area contributed by atoms with Crippen molar-refractivity contribution in [1.82, 2.24) is 0 Å². The minimum atomic E-state index is -0.349. The summed E-state index contributed by atoms with van der Waals surface area (Å²) in [4.78, 5) is 13.2. The maximum absolute atomic E-state index is 11.3. The van der Waals surface area contributed by atoms with Crippen LogP contribution in [0.5, 0.6) is 5.75 Å². The molecule has 2 aromatic rings. The van der Waals surface area contributed by atoms with Gasteiger partial charge in [0.2, 0.25) is 0 Å². The Morgan fingerprint density at radius 3 is 2.37 bits per heavy atom. The van der Waals surface area contributed by atoms with Crippen molar-refractivity contribution in [2.75, 3.05) is 7.11 Å². The normalized spacial score (nSPS) is 10.2. The van der Waals surface area contributed by atoms with E-state index >= 15 is 0 Å². The number of ether oxygens (including phenoxy) is 1. The highest BCUT2D eigenvalue weighted by atomic mass is 79.9. The molecule has 5 heteroatoms. The van der Waals surface area contributed by atoms with Crippen molar-refractivity contribution in [3.8, 4) is 5.75 Å². The van der Waals surface area contributed by atoms with Gasteiger partial charge in [-0.3, -0.25) is 0 Å². The van der Waals surface area contributed by atoms with Crippen LogP contribution >= 0.6 is 27.7 Å². The highest BCUT2D eigenvalue weighted by molar-refractivity contribution is 9.10. The number of phenols is 1. The molecule has 0 spiro atoms. The number of carbonyl (C=O) groups is 1. The van der Waals surface area contributed by atoms with Gasteiger partial charge in [0.05, 0.1) is 17.1 Å². The summed E-state index contributed by atoms with van der Waals surface area (Å²) in [7, 11) is 1.36. The van der Waals surface area contributed by atoms with Crippen LogP contribution in [0.4, 0.5) is 0 Å². The Morgan fingerprint density at radius 2 is 1.79 bits per heavy atom. The summed E-state index contributed by atoms with van der Waals surface area (Å²) < 4.78 is 5.30. The van der Waals surface area contributed by atoms with E-state index in [0.717, 1.165) is 9.79 Å². The zero-order chi connectivity index (χ0) is 13.8. The number of esters is 1. The molecule has 0 aliphatic heterocycles. The second-order valence-corrected chi connectivity index (χ2v) is 5.73. The van der Waals surface area contributed by atoms with Crippen LogP contribution in [0.1, 0.15) is 10.4 Å². The van der Waals surface area contributed by atoms with E-state index in [4.69, 9.17) is 0 Å². The molecule has 98 valence electrons. The molecular formula is C14H11BrO3S. The SMILES string of the molecule is COC(=O)c1ccc(Sc2ccc(Br)c(O)c2)cc1. The first-order valence-corrected chi connectivity index (χ1v) is 7.06. The van der Waals surface area contributed by atoms with Crippen molar-refractivity contribution in [1.29, 1.82) is 0 Å². The number of hydrogen-bond donors (Lipinski definition) is 1. The molecule has 0 unspecified atom stereocenters. The van der Waals surface area contributed by atoms with Gasteiger partial charge in [0.15, 0.2) is 0 Å². The average Bonchev–Trinajstić information content (AvgIpc) is 2.43. The number of halogens is 1. The van der Waals surface area contributed by atoms with Crippen LogP contribution in [0.2, 0.25) is 0 Å². The summed E-state index contributed by atoms with van der Waals surface area (Å²) in [6.07, 6.45) is 0. The fraction of sp³-hybridized carbons (Fsp3) is 0.0714. The Hall–Kier alpha value is -1.46. The van der Waals surface area contributed by atoms with Crippen molar-refractivity contribution in [3.05, 3.63) is 52.5 Å². The number of phenolic OH excluding ortho intramolecular Hbond substituents is 1. The second-order valence-electron chi connectivity index (χ2n) is 3.73. The predicted octanol–water partition coefficient (Wildman–Crippen LogP) is 4.09. The van der Waals surface area contributed by atoms with Gasteiger partial charge < -0.3 is 9.84 Å². The Labute approximate surface area is 123 Å². The first kappa shape index (κ1) is 14.0. The molecule has 0 amide bonds. The number of rotatable bonds is 3. The van der Waals surface area contributed by atoms with Crippen molar-refractivity contribution < 1.29 is 14.6 Å². The lowest BCUT2D eigenvalue weighted by molar-refractivity contribution is 0.0600. The van der Waals surface area contributed by atoms with Gasteiger partial charge in [-0.15, -0.1) is 0 Å². The molecule has 0 aliphatic carbocycles. The summed E-state index contributed by atoms with van der Waals surface area (Å²) in [5, 5.41) is 9.61. The van der Waals surface area contributed by atoms with E-state index in [1.807, 2.05) is 18.2 Å². The van der Waals surface area contributed by atoms with Gasteiger partial charge in [-0.2, -0.15) is 0 Å². The Kier molecular flexibility index (Phi) is 4.50. The topological polar surface area (TPSA) is 46.5 Å². The van der Waals surface area contributed by atoms with Gasteiger partial charge >= 0.3 is 5.97 Å². The largest absolute Gasteiger partial charge is 0.507 e. The van der Waals surface area contributed by atoms with Crippen molar-refractivity contribution >= 4 is 33.7 Å². The van der Waals surface area contributed by atoms with E-state index in [-0.39, 0.29) is 11.7 Å². The molecule has 0 aliphatic rings. The number of aromatic hydroxyl groups is 1. The molecule has 0 heterocycles. The summed E-state index contributed by atoms with van der Waals surface area (Å²) in [6.45, 7) is 0. The van der Waals surface area contributed by atoms with Crippen LogP contribution in [-0.4, -0.2) is 18.2 Å². The van der Waals surface area contributed by atoms with Gasteiger partial charge in [0, 0.05) is 9.79 Å². The number of benzene rings is 2. The highest BCUT2D eigenvalue weighted by Gasteiger charge is 2.06. The third-order valence-electron chi connectivity index (χ3n) is 2.43. The number of carbonyl (C=O) groups excluding carboxylic acids is 1. The number of hydrogen-bond acceptors (Lipinski definition) is 4. The Bertz CT molecular complexity index is 596. The van der Waals surface area contributed by atoms with E-state index in [0.29, 0.717) is 10.0 Å². The van der Waals surface area contributed by atoms with Gasteiger partial charge in [0.25, 0.3) is 0 Å². The smallest absolute Gasteiger partial charge is 0.337 e. The van der Waals surface area contributed by atoms with Crippen molar-refractivity contribution in [3.63, 3.8) is 0 Å². The highest BCUT2D eigenvalue weighted by Crippen LogP contribution is 2.33. The summed E-state index contributed by atoms with van der Waals surface area (Å²) in [5.74, 6) is -0.144. The minimum absolute atomic E-state index is 0.205. The molecule has 1 N–H and O–H groups in total. The minimum Gasteiger partial charge on any atom is -0.507 e. The Morgan fingerprint density at radius 1 is 1.16 bits per heavy atom. The lowest BCUT2D eigenvalue weighted by Crippen LogP contribution is -2.00. The van der Waals surface area contributed by atoms with Crippen LogP contribution in [0.25, 0.3) is 0 Å². The van der Waals surface area contributed by atoms with E-state index in [2.05, 4.69) is 20.7 Å². The van der Waals surface area contributed by atoms with E-state index in [9.17, 15) is 9.90 Å². The molecule has 0 fully saturated rings. The van der Waals surface area contributed by atoms with Crippen LogP contribution in [0.15, 0.2) is 56.7 Å². The molecule has 2 rings (SSSR count). The third kappa shape index (κ3) is 3.52. The van der Waals surface area contributed by atoms with Crippen LogP contribution in [-0.2, 0) is 4.74 Å². The maximum Gasteiger partial charge on any atom is 0.337 e. The quantitative estimate of drug-likeness (QED) is 0.856. The second kappa shape index (κ2) is 6.12. The summed E-state index contributed by atoms with van der Waals surface area (Å²) in [6, 6.07) is 12.5. The zero-order valence-corrected chi connectivity index (χ0v) is 12.5. The fourth-order valence-electron chi connectivity index (χ4n) is 1.47. The molecule has 3 nitrogen and oxygen atoms in total. The standard InChI is InChI=1S/C14H11BrO3S/c1-18-14(17)9-2-4-10(5-3-9)19-11-6-7-12(15)13(16)8-11/h2-8,16H,1H3. The van der Waals surface area contributed by atoms with E-state index in [1.54, 1.807) is 24.3 Å². The van der Waals surface area contributed by atoms with Gasteiger partial charge in [0.1, 0.15) is 5.75 Å². The molecule has 19 heavy (non-hydrogen) atoms. The van der Waals surface area contributed by atoms with E-state index < -0.39 is 0 Å². The molecule has 2 aromatic carbocycles.